The second kappa shape index (κ2) is 5.15. The second-order valence-electron chi connectivity index (χ2n) is 4.87. The zero-order chi connectivity index (χ0) is 11.1. The summed E-state index contributed by atoms with van der Waals surface area (Å²) in [5.41, 5.74) is 2.83. The van der Waals surface area contributed by atoms with Crippen LogP contribution in [0.5, 0.6) is 0 Å². The smallest absolute Gasteiger partial charge is 0.0479 e. The lowest BCUT2D eigenvalue weighted by Crippen LogP contribution is -2.49. The molecular formula is C13H18Cl2N2. The monoisotopic (exact) mass is 272 g/mol. The van der Waals surface area contributed by atoms with E-state index in [2.05, 4.69) is 29.0 Å². The van der Waals surface area contributed by atoms with E-state index in [1.807, 2.05) is 6.07 Å². The van der Waals surface area contributed by atoms with Crippen LogP contribution in [0, 0.1) is 0 Å². The van der Waals surface area contributed by atoms with Crippen LogP contribution >= 0.6 is 24.0 Å². The first-order valence-electron chi connectivity index (χ1n) is 5.95. The van der Waals surface area contributed by atoms with Crippen molar-refractivity contribution in [3.63, 3.8) is 0 Å². The summed E-state index contributed by atoms with van der Waals surface area (Å²) in [6, 6.07) is 6.90. The van der Waals surface area contributed by atoms with Crippen molar-refractivity contribution in [3.05, 3.63) is 34.3 Å². The van der Waals surface area contributed by atoms with Crippen LogP contribution in [0.4, 0.5) is 0 Å². The maximum absolute atomic E-state index is 6.28. The van der Waals surface area contributed by atoms with Gasteiger partial charge in [0.25, 0.3) is 0 Å². The van der Waals surface area contributed by atoms with Gasteiger partial charge in [0.15, 0.2) is 0 Å². The van der Waals surface area contributed by atoms with Crippen molar-refractivity contribution in [2.45, 2.75) is 12.5 Å². The summed E-state index contributed by atoms with van der Waals surface area (Å²) >= 11 is 6.28. The first kappa shape index (κ1) is 13.2. The van der Waals surface area contributed by atoms with Crippen molar-refractivity contribution in [3.8, 4) is 0 Å². The van der Waals surface area contributed by atoms with Crippen LogP contribution in [0.1, 0.15) is 17.2 Å². The summed E-state index contributed by atoms with van der Waals surface area (Å²) in [4.78, 5) is 5.01. The predicted octanol–water partition coefficient (Wildman–Crippen LogP) is 2.61. The number of benzene rings is 1. The average Bonchev–Trinajstić information content (AvgIpc) is 2.29. The zero-order valence-corrected chi connectivity index (χ0v) is 11.6. The quantitative estimate of drug-likeness (QED) is 0.717. The maximum Gasteiger partial charge on any atom is 0.0479 e. The van der Waals surface area contributed by atoms with E-state index in [-0.39, 0.29) is 12.4 Å². The summed E-state index contributed by atoms with van der Waals surface area (Å²) in [7, 11) is 2.20. The van der Waals surface area contributed by atoms with Gasteiger partial charge in [-0.25, -0.2) is 0 Å². The Kier molecular flexibility index (Phi) is 3.99. The Balaban J connectivity index is 0.00000108. The van der Waals surface area contributed by atoms with Crippen molar-refractivity contribution < 1.29 is 0 Å². The molecule has 2 heterocycles. The third-order valence-corrected chi connectivity index (χ3v) is 4.21. The molecule has 0 aliphatic carbocycles. The Morgan fingerprint density at radius 2 is 2.06 bits per heavy atom. The van der Waals surface area contributed by atoms with Crippen LogP contribution in [0.2, 0.25) is 5.02 Å². The first-order valence-corrected chi connectivity index (χ1v) is 6.33. The van der Waals surface area contributed by atoms with E-state index in [1.54, 1.807) is 0 Å². The molecule has 0 saturated carbocycles. The second-order valence-corrected chi connectivity index (χ2v) is 5.28. The van der Waals surface area contributed by atoms with Gasteiger partial charge in [0.2, 0.25) is 0 Å². The third kappa shape index (κ3) is 2.32. The summed E-state index contributed by atoms with van der Waals surface area (Å²) < 4.78 is 0. The van der Waals surface area contributed by atoms with Crippen molar-refractivity contribution in [2.75, 3.05) is 33.2 Å². The fourth-order valence-electron chi connectivity index (χ4n) is 2.93. The van der Waals surface area contributed by atoms with Crippen LogP contribution in [0.15, 0.2) is 18.2 Å². The maximum atomic E-state index is 6.28. The topological polar surface area (TPSA) is 6.48 Å². The van der Waals surface area contributed by atoms with Gasteiger partial charge in [0.1, 0.15) is 0 Å². The molecule has 0 radical (unpaired) electrons. The predicted molar refractivity (Wildman–Crippen MR) is 74.2 cm³/mol. The largest absolute Gasteiger partial charge is 0.303 e. The Bertz CT molecular complexity index is 408. The number of hydrogen-bond donors (Lipinski definition) is 0. The van der Waals surface area contributed by atoms with Crippen LogP contribution in [-0.2, 0) is 6.42 Å². The first-order chi connectivity index (χ1) is 7.75. The number of halogens is 2. The summed E-state index contributed by atoms with van der Waals surface area (Å²) in [6.45, 7) is 4.67. The van der Waals surface area contributed by atoms with Gasteiger partial charge in [-0.2, -0.15) is 0 Å². The molecule has 1 aromatic carbocycles. The molecule has 4 heteroatoms. The molecule has 94 valence electrons. The van der Waals surface area contributed by atoms with Gasteiger partial charge >= 0.3 is 0 Å². The van der Waals surface area contributed by atoms with Crippen LogP contribution < -0.4 is 0 Å². The van der Waals surface area contributed by atoms with Gasteiger partial charge < -0.3 is 4.90 Å². The molecule has 0 bridgehead atoms. The fraction of sp³-hybridized carbons (Fsp3) is 0.538. The van der Waals surface area contributed by atoms with E-state index in [1.165, 1.54) is 24.2 Å². The third-order valence-electron chi connectivity index (χ3n) is 3.86. The van der Waals surface area contributed by atoms with Crippen molar-refractivity contribution in [2.24, 2.45) is 0 Å². The lowest BCUT2D eigenvalue weighted by molar-refractivity contribution is 0.0826. The highest BCUT2D eigenvalue weighted by Crippen LogP contribution is 2.35. The average molecular weight is 273 g/mol. The van der Waals surface area contributed by atoms with Crippen molar-refractivity contribution >= 4 is 24.0 Å². The summed E-state index contributed by atoms with van der Waals surface area (Å²) in [6.07, 6.45) is 1.11. The van der Waals surface area contributed by atoms with Gasteiger partial charge in [-0.05, 0) is 30.7 Å². The highest BCUT2D eigenvalue weighted by Gasteiger charge is 2.31. The standard InChI is InChI=1S/C13H17ClN2.ClH/c1-15-7-8-16-6-5-10-11(13(16)9-15)3-2-4-12(10)14;/h2-4,13H,5-9H2,1H3;1H. The Hall–Kier alpha value is -0.280. The number of rotatable bonds is 0. The molecule has 0 spiro atoms. The fourth-order valence-corrected chi connectivity index (χ4v) is 3.20. The molecule has 1 unspecified atom stereocenters. The van der Waals surface area contributed by atoms with Gasteiger partial charge in [-0.1, -0.05) is 23.7 Å². The number of likely N-dealkylation sites (N-methyl/N-ethyl adjacent to an activating group) is 1. The molecular weight excluding hydrogens is 255 g/mol. The van der Waals surface area contributed by atoms with E-state index < -0.39 is 0 Å². The Labute approximate surface area is 114 Å². The summed E-state index contributed by atoms with van der Waals surface area (Å²) in [5.74, 6) is 0. The van der Waals surface area contributed by atoms with Crippen molar-refractivity contribution in [1.29, 1.82) is 0 Å². The normalized spacial score (nSPS) is 24.7. The Morgan fingerprint density at radius 1 is 1.24 bits per heavy atom. The lowest BCUT2D eigenvalue weighted by Gasteiger charge is -2.44. The SMILES string of the molecule is CN1CCN2CCc3c(Cl)cccc3C2C1.Cl. The highest BCUT2D eigenvalue weighted by atomic mass is 35.5. The number of hydrogen-bond acceptors (Lipinski definition) is 2. The molecule has 2 nitrogen and oxygen atoms in total. The molecule has 17 heavy (non-hydrogen) atoms. The van der Waals surface area contributed by atoms with Crippen molar-refractivity contribution in [1.82, 2.24) is 9.80 Å². The minimum absolute atomic E-state index is 0. The molecule has 0 aromatic heterocycles. The molecule has 2 aliphatic rings. The van der Waals surface area contributed by atoms with Crippen LogP contribution in [0.25, 0.3) is 0 Å². The van der Waals surface area contributed by atoms with Gasteiger partial charge in [-0.15, -0.1) is 12.4 Å². The molecule has 1 saturated heterocycles. The number of fused-ring (bicyclic) bond motifs is 3. The molecule has 1 atom stereocenters. The molecule has 1 aromatic rings. The van der Waals surface area contributed by atoms with E-state index in [0.29, 0.717) is 6.04 Å². The van der Waals surface area contributed by atoms with Gasteiger partial charge in [-0.3, -0.25) is 4.90 Å². The van der Waals surface area contributed by atoms with Gasteiger partial charge in [0.05, 0.1) is 0 Å². The van der Waals surface area contributed by atoms with E-state index in [9.17, 15) is 0 Å². The minimum atomic E-state index is 0. The van der Waals surface area contributed by atoms with Crippen LogP contribution in [-0.4, -0.2) is 43.0 Å². The lowest BCUT2D eigenvalue weighted by atomic mass is 9.91. The Morgan fingerprint density at radius 3 is 2.88 bits per heavy atom. The summed E-state index contributed by atoms with van der Waals surface area (Å²) in [5, 5.41) is 0.949. The zero-order valence-electron chi connectivity index (χ0n) is 10.0. The number of piperazine rings is 1. The minimum Gasteiger partial charge on any atom is -0.303 e. The molecule has 0 N–H and O–H groups in total. The molecule has 3 rings (SSSR count). The molecule has 0 amide bonds. The highest BCUT2D eigenvalue weighted by molar-refractivity contribution is 6.31. The van der Waals surface area contributed by atoms with Crippen LogP contribution in [0.3, 0.4) is 0 Å². The molecule has 2 aliphatic heterocycles. The van der Waals surface area contributed by atoms with E-state index in [0.717, 1.165) is 24.5 Å². The number of nitrogens with zero attached hydrogens (tertiary/aromatic N) is 2. The van der Waals surface area contributed by atoms with E-state index in [4.69, 9.17) is 11.6 Å². The van der Waals surface area contributed by atoms with E-state index >= 15 is 0 Å². The molecule has 1 fully saturated rings. The van der Waals surface area contributed by atoms with Gasteiger partial charge in [0, 0.05) is 37.2 Å².